The largest absolute Gasteiger partial charge is 0.480 e. The van der Waals surface area contributed by atoms with Crippen molar-refractivity contribution in [2.24, 2.45) is 0 Å². The molecule has 2 N–H and O–H groups in total. The summed E-state index contributed by atoms with van der Waals surface area (Å²) in [6.45, 7) is 1.90. The minimum absolute atomic E-state index is 0.0301. The number of ketones is 1. The molecule has 0 saturated heterocycles. The van der Waals surface area contributed by atoms with E-state index in [1.165, 1.54) is 0 Å². The summed E-state index contributed by atoms with van der Waals surface area (Å²) in [5, 5.41) is 11.4. The molecule has 23 heavy (non-hydrogen) atoms. The number of carbonyl (C=O) groups excluding carboxylic acids is 2. The fourth-order valence-electron chi connectivity index (χ4n) is 1.97. The number of carboxylic acids is 1. The highest BCUT2D eigenvalue weighted by molar-refractivity contribution is 5.98. The Labute approximate surface area is 132 Å². The molecule has 0 bridgehead atoms. The molecule has 0 spiro atoms. The van der Waals surface area contributed by atoms with E-state index in [-0.39, 0.29) is 18.4 Å². The van der Waals surface area contributed by atoms with Crippen LogP contribution in [0, 0.1) is 11.6 Å². The third kappa shape index (κ3) is 6.14. The summed E-state index contributed by atoms with van der Waals surface area (Å²) in [7, 11) is 0. The first kappa shape index (κ1) is 18.7. The van der Waals surface area contributed by atoms with Gasteiger partial charge < -0.3 is 10.4 Å². The maximum Gasteiger partial charge on any atom is 0.326 e. The fourth-order valence-corrected chi connectivity index (χ4v) is 1.97. The summed E-state index contributed by atoms with van der Waals surface area (Å²) < 4.78 is 25.8. The first-order chi connectivity index (χ1) is 10.8. The number of nitrogens with one attached hydrogen (secondary N) is 1. The van der Waals surface area contributed by atoms with Crippen molar-refractivity contribution >= 4 is 17.7 Å². The minimum atomic E-state index is -1.13. The molecule has 0 aliphatic rings. The average Bonchev–Trinajstić information content (AvgIpc) is 2.51. The van der Waals surface area contributed by atoms with Gasteiger partial charge in [0.25, 0.3) is 0 Å². The molecule has 5 nitrogen and oxygen atoms in total. The lowest BCUT2D eigenvalue weighted by Gasteiger charge is -2.13. The topological polar surface area (TPSA) is 83.5 Å². The van der Waals surface area contributed by atoms with E-state index in [0.717, 1.165) is 24.6 Å². The van der Waals surface area contributed by atoms with E-state index in [0.29, 0.717) is 12.8 Å². The minimum Gasteiger partial charge on any atom is -0.480 e. The van der Waals surface area contributed by atoms with Gasteiger partial charge in [-0.3, -0.25) is 9.59 Å². The van der Waals surface area contributed by atoms with Gasteiger partial charge in [0.1, 0.15) is 6.04 Å². The lowest BCUT2D eigenvalue weighted by Crippen LogP contribution is -2.40. The number of amides is 1. The van der Waals surface area contributed by atoms with Gasteiger partial charge in [0.2, 0.25) is 5.91 Å². The Balaban J connectivity index is 2.52. The maximum absolute atomic E-state index is 13.0. The van der Waals surface area contributed by atoms with Crippen LogP contribution in [0.25, 0.3) is 0 Å². The molecule has 1 aromatic carbocycles. The molecule has 0 heterocycles. The molecule has 0 radical (unpaired) electrons. The van der Waals surface area contributed by atoms with Gasteiger partial charge in [0.15, 0.2) is 17.4 Å². The van der Waals surface area contributed by atoms with Crippen molar-refractivity contribution in [2.45, 2.75) is 45.1 Å². The van der Waals surface area contributed by atoms with Crippen LogP contribution < -0.4 is 5.32 Å². The number of unbranched alkanes of at least 4 members (excludes halogenated alkanes) is 1. The van der Waals surface area contributed by atoms with Crippen LogP contribution >= 0.6 is 0 Å². The summed E-state index contributed by atoms with van der Waals surface area (Å²) >= 11 is 0. The second-order valence-electron chi connectivity index (χ2n) is 5.15. The number of benzene rings is 1. The number of Topliss-reactive ketones (excluding diaryl/α,β-unsaturated/α-hetero) is 1. The van der Waals surface area contributed by atoms with Crippen LogP contribution in [0.3, 0.4) is 0 Å². The molecular weight excluding hydrogens is 308 g/mol. The number of hydrogen-bond donors (Lipinski definition) is 2. The normalized spacial score (nSPS) is 11.8. The summed E-state index contributed by atoms with van der Waals surface area (Å²) in [6.07, 6.45) is 1.35. The number of halogens is 2. The fraction of sp³-hybridized carbons (Fsp3) is 0.438. The highest BCUT2D eigenvalue weighted by atomic mass is 19.2. The van der Waals surface area contributed by atoms with Crippen LogP contribution in [-0.2, 0) is 9.59 Å². The van der Waals surface area contributed by atoms with E-state index in [1.54, 1.807) is 0 Å². The van der Waals surface area contributed by atoms with Crippen LogP contribution in [0.2, 0.25) is 0 Å². The van der Waals surface area contributed by atoms with Gasteiger partial charge in [0.05, 0.1) is 0 Å². The van der Waals surface area contributed by atoms with Crippen molar-refractivity contribution in [1.29, 1.82) is 0 Å². The lowest BCUT2D eigenvalue weighted by atomic mass is 10.1. The van der Waals surface area contributed by atoms with Gasteiger partial charge in [-0.2, -0.15) is 0 Å². The Kier molecular flexibility index (Phi) is 7.31. The predicted octanol–water partition coefficient (Wildman–Crippen LogP) is 2.69. The molecule has 7 heteroatoms. The SMILES string of the molecule is CCCCC(NC(=O)CCC(=O)c1ccc(F)c(F)c1)C(=O)O. The van der Waals surface area contributed by atoms with Crippen LogP contribution in [0.4, 0.5) is 8.78 Å². The smallest absolute Gasteiger partial charge is 0.326 e. The third-order valence-electron chi connectivity index (χ3n) is 3.30. The number of aliphatic carboxylic acids is 1. The van der Waals surface area contributed by atoms with Crippen molar-refractivity contribution in [3.63, 3.8) is 0 Å². The summed E-state index contributed by atoms with van der Waals surface area (Å²) in [5.74, 6) is -4.40. The molecule has 1 aromatic rings. The van der Waals surface area contributed by atoms with E-state index in [4.69, 9.17) is 5.11 Å². The summed E-state index contributed by atoms with van der Waals surface area (Å²) in [5.41, 5.74) is -0.0301. The van der Waals surface area contributed by atoms with Crippen LogP contribution in [-0.4, -0.2) is 28.8 Å². The molecule has 0 aliphatic heterocycles. The van der Waals surface area contributed by atoms with E-state index < -0.39 is 35.3 Å². The average molecular weight is 327 g/mol. The van der Waals surface area contributed by atoms with E-state index in [1.807, 2.05) is 6.92 Å². The summed E-state index contributed by atoms with van der Waals surface area (Å²) in [4.78, 5) is 34.5. The van der Waals surface area contributed by atoms with Gasteiger partial charge in [-0.25, -0.2) is 13.6 Å². The van der Waals surface area contributed by atoms with Gasteiger partial charge >= 0.3 is 5.97 Å². The molecule has 0 aliphatic carbocycles. The monoisotopic (exact) mass is 327 g/mol. The molecule has 0 aromatic heterocycles. The number of rotatable bonds is 9. The highest BCUT2D eigenvalue weighted by Gasteiger charge is 2.20. The third-order valence-corrected chi connectivity index (χ3v) is 3.30. The highest BCUT2D eigenvalue weighted by Crippen LogP contribution is 2.11. The quantitative estimate of drug-likeness (QED) is 0.683. The standard InChI is InChI=1S/C16H19F2NO4/c1-2-3-4-13(16(22)23)19-15(21)8-7-14(20)10-5-6-11(17)12(18)9-10/h5-6,9,13H,2-4,7-8H2,1H3,(H,19,21)(H,22,23). The number of hydrogen-bond acceptors (Lipinski definition) is 3. The van der Waals surface area contributed by atoms with Crippen LogP contribution in [0.15, 0.2) is 18.2 Å². The second kappa shape index (κ2) is 8.97. The van der Waals surface area contributed by atoms with E-state index in [2.05, 4.69) is 5.32 Å². The molecule has 1 rings (SSSR count). The van der Waals surface area contributed by atoms with E-state index in [9.17, 15) is 23.2 Å². The van der Waals surface area contributed by atoms with Crippen LogP contribution in [0.1, 0.15) is 49.4 Å². The Morgan fingerprint density at radius 1 is 1.17 bits per heavy atom. The Hall–Kier alpha value is -2.31. The first-order valence-corrected chi connectivity index (χ1v) is 7.35. The van der Waals surface area contributed by atoms with Crippen molar-refractivity contribution in [3.05, 3.63) is 35.4 Å². The number of carboxylic acid groups (broad SMARTS) is 1. The van der Waals surface area contributed by atoms with Crippen molar-refractivity contribution in [2.75, 3.05) is 0 Å². The summed E-state index contributed by atoms with van der Waals surface area (Å²) in [6, 6.07) is 1.77. The molecule has 0 saturated carbocycles. The molecule has 1 unspecified atom stereocenters. The van der Waals surface area contributed by atoms with Gasteiger partial charge in [0, 0.05) is 18.4 Å². The Morgan fingerprint density at radius 2 is 1.87 bits per heavy atom. The molecular formula is C16H19F2NO4. The zero-order valence-corrected chi connectivity index (χ0v) is 12.8. The van der Waals surface area contributed by atoms with Crippen molar-refractivity contribution < 1.29 is 28.3 Å². The molecule has 1 amide bonds. The van der Waals surface area contributed by atoms with Crippen molar-refractivity contribution in [3.8, 4) is 0 Å². The van der Waals surface area contributed by atoms with Gasteiger partial charge in [-0.1, -0.05) is 19.8 Å². The molecule has 0 fully saturated rings. The second-order valence-corrected chi connectivity index (χ2v) is 5.15. The van der Waals surface area contributed by atoms with Gasteiger partial charge in [-0.05, 0) is 24.6 Å². The zero-order valence-electron chi connectivity index (χ0n) is 12.8. The van der Waals surface area contributed by atoms with Crippen molar-refractivity contribution in [1.82, 2.24) is 5.32 Å². The molecule has 1 atom stereocenters. The molecule has 126 valence electrons. The number of carbonyl (C=O) groups is 3. The first-order valence-electron chi connectivity index (χ1n) is 7.35. The maximum atomic E-state index is 13.0. The predicted molar refractivity (Wildman–Crippen MR) is 79.0 cm³/mol. The van der Waals surface area contributed by atoms with Gasteiger partial charge in [-0.15, -0.1) is 0 Å². The van der Waals surface area contributed by atoms with Crippen LogP contribution in [0.5, 0.6) is 0 Å². The Morgan fingerprint density at radius 3 is 2.43 bits per heavy atom. The van der Waals surface area contributed by atoms with E-state index >= 15 is 0 Å². The lowest BCUT2D eigenvalue weighted by molar-refractivity contribution is -0.142. The Bertz CT molecular complexity index is 589. The zero-order chi connectivity index (χ0) is 17.4.